The molecule has 0 saturated carbocycles. The number of anilines is 1. The van der Waals surface area contributed by atoms with Crippen LogP contribution in [0.2, 0.25) is 0 Å². The Bertz CT molecular complexity index is 820. The van der Waals surface area contributed by atoms with E-state index in [2.05, 4.69) is 27.3 Å². The van der Waals surface area contributed by atoms with Gasteiger partial charge in [-0.3, -0.25) is 14.6 Å². The van der Waals surface area contributed by atoms with E-state index in [-0.39, 0.29) is 11.6 Å². The van der Waals surface area contributed by atoms with E-state index in [1.807, 2.05) is 0 Å². The third kappa shape index (κ3) is 5.91. The van der Waals surface area contributed by atoms with Crippen molar-refractivity contribution in [3.05, 3.63) is 59.4 Å². The van der Waals surface area contributed by atoms with Gasteiger partial charge in [-0.05, 0) is 36.8 Å². The zero-order valence-electron chi connectivity index (χ0n) is 15.5. The topological polar surface area (TPSA) is 97.4 Å². The summed E-state index contributed by atoms with van der Waals surface area (Å²) in [5.74, 6) is -1.21. The average molecular weight is 369 g/mol. The molecule has 0 aliphatic heterocycles. The molecule has 0 aliphatic rings. The molecule has 7 nitrogen and oxygen atoms in total. The Kier molecular flexibility index (Phi) is 7.49. The molecule has 7 heteroatoms. The Labute approximate surface area is 158 Å². The first kappa shape index (κ1) is 20.1. The Balaban J connectivity index is 2.05. The predicted molar refractivity (Wildman–Crippen MR) is 102 cm³/mol. The maximum Gasteiger partial charge on any atom is 0.337 e. The third-order valence-electron chi connectivity index (χ3n) is 3.86. The summed E-state index contributed by atoms with van der Waals surface area (Å²) in [5, 5.41) is 5.49. The van der Waals surface area contributed by atoms with Crippen LogP contribution in [0.3, 0.4) is 0 Å². The van der Waals surface area contributed by atoms with E-state index in [4.69, 9.17) is 0 Å². The predicted octanol–water partition coefficient (Wildman–Crippen LogP) is 3.04. The van der Waals surface area contributed by atoms with Crippen LogP contribution in [-0.4, -0.2) is 36.4 Å². The first-order valence-corrected chi connectivity index (χ1v) is 8.79. The van der Waals surface area contributed by atoms with E-state index in [1.165, 1.54) is 25.4 Å². The lowest BCUT2D eigenvalue weighted by molar-refractivity contribution is 0.0600. The Morgan fingerprint density at radius 3 is 2.59 bits per heavy atom. The Morgan fingerprint density at radius 2 is 1.85 bits per heavy atom. The van der Waals surface area contributed by atoms with Crippen LogP contribution in [-0.2, 0) is 4.74 Å². The largest absolute Gasteiger partial charge is 0.465 e. The summed E-state index contributed by atoms with van der Waals surface area (Å²) in [6.45, 7) is 2.69. The van der Waals surface area contributed by atoms with Crippen LogP contribution < -0.4 is 10.6 Å². The number of hydrogen-bond donors (Lipinski definition) is 2. The molecule has 2 amide bonds. The van der Waals surface area contributed by atoms with Crippen LogP contribution in [0.1, 0.15) is 57.4 Å². The molecule has 0 atom stereocenters. The molecule has 0 bridgehead atoms. The number of hydrogen-bond acceptors (Lipinski definition) is 5. The molecule has 1 aromatic heterocycles. The lowest BCUT2D eigenvalue weighted by atomic mass is 10.2. The minimum Gasteiger partial charge on any atom is -0.465 e. The van der Waals surface area contributed by atoms with Crippen LogP contribution in [0.4, 0.5) is 5.69 Å². The number of esters is 1. The van der Waals surface area contributed by atoms with Crippen molar-refractivity contribution in [3.8, 4) is 0 Å². The smallest absolute Gasteiger partial charge is 0.337 e. The standard InChI is InChI=1S/C20H23N3O4/c1-3-4-5-10-22-18(24)14-9-11-21-17(13-14)19(25)23-16-8-6-7-15(12-16)20(26)27-2/h6-9,11-13H,3-5,10H2,1-2H3,(H,22,24)(H,23,25). The van der Waals surface area contributed by atoms with Gasteiger partial charge < -0.3 is 15.4 Å². The number of nitrogens with zero attached hydrogens (tertiary/aromatic N) is 1. The second kappa shape index (κ2) is 10.1. The number of aromatic nitrogens is 1. The molecule has 0 spiro atoms. The number of rotatable bonds is 8. The van der Waals surface area contributed by atoms with Gasteiger partial charge in [0, 0.05) is 24.0 Å². The fourth-order valence-corrected chi connectivity index (χ4v) is 2.41. The van der Waals surface area contributed by atoms with Crippen LogP contribution in [0, 0.1) is 0 Å². The maximum absolute atomic E-state index is 12.4. The molecule has 1 aromatic carbocycles. The van der Waals surface area contributed by atoms with E-state index in [1.54, 1.807) is 24.3 Å². The molecule has 0 fully saturated rings. The maximum atomic E-state index is 12.4. The minimum atomic E-state index is -0.494. The van der Waals surface area contributed by atoms with Crippen LogP contribution >= 0.6 is 0 Å². The molecule has 1 heterocycles. The van der Waals surface area contributed by atoms with E-state index in [0.717, 1.165) is 19.3 Å². The van der Waals surface area contributed by atoms with Crippen molar-refractivity contribution < 1.29 is 19.1 Å². The number of ether oxygens (including phenoxy) is 1. The fraction of sp³-hybridized carbons (Fsp3) is 0.300. The SMILES string of the molecule is CCCCCNC(=O)c1ccnc(C(=O)Nc2cccc(C(=O)OC)c2)c1. The van der Waals surface area contributed by atoms with Crippen LogP contribution in [0.5, 0.6) is 0 Å². The monoisotopic (exact) mass is 369 g/mol. The number of nitrogens with one attached hydrogen (secondary N) is 2. The molecule has 0 aliphatic carbocycles. The third-order valence-corrected chi connectivity index (χ3v) is 3.86. The van der Waals surface area contributed by atoms with Gasteiger partial charge in [-0.15, -0.1) is 0 Å². The summed E-state index contributed by atoms with van der Waals surface area (Å²) >= 11 is 0. The highest BCUT2D eigenvalue weighted by Crippen LogP contribution is 2.13. The van der Waals surface area contributed by atoms with Crippen molar-refractivity contribution >= 4 is 23.5 Å². The average Bonchev–Trinajstić information content (AvgIpc) is 2.70. The summed E-state index contributed by atoms with van der Waals surface area (Å²) in [4.78, 5) is 40.2. The van der Waals surface area contributed by atoms with Gasteiger partial charge in [-0.1, -0.05) is 25.8 Å². The van der Waals surface area contributed by atoms with Crippen molar-refractivity contribution in [2.24, 2.45) is 0 Å². The van der Waals surface area contributed by atoms with Crippen molar-refractivity contribution in [1.82, 2.24) is 10.3 Å². The van der Waals surface area contributed by atoms with Crippen molar-refractivity contribution in [2.45, 2.75) is 26.2 Å². The zero-order valence-corrected chi connectivity index (χ0v) is 15.5. The molecule has 27 heavy (non-hydrogen) atoms. The van der Waals surface area contributed by atoms with Gasteiger partial charge in [0.15, 0.2) is 0 Å². The van der Waals surface area contributed by atoms with Crippen molar-refractivity contribution in [2.75, 3.05) is 19.0 Å². The summed E-state index contributed by atoms with van der Waals surface area (Å²) in [6, 6.07) is 9.37. The first-order valence-electron chi connectivity index (χ1n) is 8.79. The summed E-state index contributed by atoms with van der Waals surface area (Å²) in [6.07, 6.45) is 4.46. The molecular weight excluding hydrogens is 346 g/mol. The van der Waals surface area contributed by atoms with E-state index in [9.17, 15) is 14.4 Å². The molecule has 0 saturated heterocycles. The molecule has 0 unspecified atom stereocenters. The van der Waals surface area contributed by atoms with Crippen LogP contribution in [0.15, 0.2) is 42.6 Å². The lowest BCUT2D eigenvalue weighted by Crippen LogP contribution is -2.25. The second-order valence-electron chi connectivity index (χ2n) is 5.92. The van der Waals surface area contributed by atoms with E-state index >= 15 is 0 Å². The molecular formula is C20H23N3O4. The molecule has 2 rings (SSSR count). The zero-order chi connectivity index (χ0) is 19.6. The minimum absolute atomic E-state index is 0.111. The number of benzene rings is 1. The molecule has 142 valence electrons. The summed E-state index contributed by atoms with van der Waals surface area (Å²) in [7, 11) is 1.29. The second-order valence-corrected chi connectivity index (χ2v) is 5.92. The number of carbonyl (C=O) groups is 3. The summed E-state index contributed by atoms with van der Waals surface area (Å²) in [5.41, 5.74) is 1.23. The Hall–Kier alpha value is -3.22. The highest BCUT2D eigenvalue weighted by Gasteiger charge is 2.13. The normalized spacial score (nSPS) is 10.1. The molecule has 2 N–H and O–H groups in total. The number of methoxy groups -OCH3 is 1. The number of carbonyl (C=O) groups excluding carboxylic acids is 3. The number of unbranched alkanes of at least 4 members (excludes halogenated alkanes) is 2. The quantitative estimate of drug-likeness (QED) is 0.551. The lowest BCUT2D eigenvalue weighted by Gasteiger charge is -2.08. The fourth-order valence-electron chi connectivity index (χ4n) is 2.41. The van der Waals surface area contributed by atoms with Gasteiger partial charge in [0.1, 0.15) is 5.69 Å². The van der Waals surface area contributed by atoms with Gasteiger partial charge in [-0.25, -0.2) is 4.79 Å². The number of amides is 2. The molecule has 2 aromatic rings. The first-order chi connectivity index (χ1) is 13.0. The van der Waals surface area contributed by atoms with Gasteiger partial charge >= 0.3 is 5.97 Å². The van der Waals surface area contributed by atoms with Gasteiger partial charge in [0.2, 0.25) is 0 Å². The highest BCUT2D eigenvalue weighted by molar-refractivity contribution is 6.05. The van der Waals surface area contributed by atoms with Crippen molar-refractivity contribution in [3.63, 3.8) is 0 Å². The number of pyridine rings is 1. The Morgan fingerprint density at radius 1 is 1.04 bits per heavy atom. The summed E-state index contributed by atoms with van der Waals surface area (Å²) < 4.78 is 4.66. The highest BCUT2D eigenvalue weighted by atomic mass is 16.5. The van der Waals surface area contributed by atoms with Crippen molar-refractivity contribution in [1.29, 1.82) is 0 Å². The van der Waals surface area contributed by atoms with Gasteiger partial charge in [-0.2, -0.15) is 0 Å². The van der Waals surface area contributed by atoms with Gasteiger partial charge in [0.25, 0.3) is 11.8 Å². The van der Waals surface area contributed by atoms with E-state index < -0.39 is 11.9 Å². The molecule has 0 radical (unpaired) electrons. The van der Waals surface area contributed by atoms with Crippen LogP contribution in [0.25, 0.3) is 0 Å². The van der Waals surface area contributed by atoms with E-state index in [0.29, 0.717) is 23.4 Å². The van der Waals surface area contributed by atoms with Gasteiger partial charge in [0.05, 0.1) is 12.7 Å².